The van der Waals surface area contributed by atoms with E-state index in [1.807, 2.05) is 7.05 Å². The number of hydrogen-bond donors (Lipinski definition) is 1. The summed E-state index contributed by atoms with van der Waals surface area (Å²) in [7, 11) is 2.01. The number of hydrogen-bond acceptors (Lipinski definition) is 1. The van der Waals surface area contributed by atoms with Crippen LogP contribution >= 0.6 is 0 Å². The van der Waals surface area contributed by atoms with Crippen LogP contribution in [0.1, 0.15) is 40.0 Å². The van der Waals surface area contributed by atoms with Crippen LogP contribution in [0.15, 0.2) is 0 Å². The van der Waals surface area contributed by atoms with Crippen molar-refractivity contribution in [3.63, 3.8) is 0 Å². The Morgan fingerprint density at radius 3 is 2.30 bits per heavy atom. The van der Waals surface area contributed by atoms with Gasteiger partial charge in [-0.05, 0) is 31.8 Å². The van der Waals surface area contributed by atoms with E-state index in [4.69, 9.17) is 0 Å². The molecule has 1 nitrogen and oxygen atoms in total. The average molecular weight is 143 g/mol. The molecule has 0 heterocycles. The van der Waals surface area contributed by atoms with Gasteiger partial charge < -0.3 is 5.32 Å². The van der Waals surface area contributed by atoms with Gasteiger partial charge in [-0.1, -0.05) is 27.2 Å². The molecule has 0 saturated heterocycles. The molecule has 0 unspecified atom stereocenters. The second kappa shape index (κ2) is 4.73. The van der Waals surface area contributed by atoms with Crippen LogP contribution in [0.5, 0.6) is 0 Å². The molecular formula is C9H21N. The molecule has 0 rings (SSSR count). The van der Waals surface area contributed by atoms with Crippen molar-refractivity contribution in [1.82, 2.24) is 5.32 Å². The Kier molecular flexibility index (Phi) is 4.71. The molecule has 0 aliphatic rings. The van der Waals surface area contributed by atoms with Gasteiger partial charge in [0.1, 0.15) is 0 Å². The van der Waals surface area contributed by atoms with E-state index in [9.17, 15) is 0 Å². The van der Waals surface area contributed by atoms with Crippen molar-refractivity contribution in [3.05, 3.63) is 0 Å². The first-order valence-electron chi connectivity index (χ1n) is 4.27. The fourth-order valence-electron chi connectivity index (χ4n) is 0.920. The van der Waals surface area contributed by atoms with Gasteiger partial charge in [0.15, 0.2) is 0 Å². The molecule has 0 amide bonds. The summed E-state index contributed by atoms with van der Waals surface area (Å²) in [4.78, 5) is 0. The Bertz CT molecular complexity index is 76.8. The van der Waals surface area contributed by atoms with Crippen molar-refractivity contribution in [2.45, 2.75) is 40.0 Å². The van der Waals surface area contributed by atoms with Gasteiger partial charge in [-0.25, -0.2) is 0 Å². The van der Waals surface area contributed by atoms with Crippen LogP contribution in [0.2, 0.25) is 0 Å². The van der Waals surface area contributed by atoms with E-state index in [2.05, 4.69) is 26.1 Å². The second-order valence-corrected chi connectivity index (χ2v) is 3.72. The van der Waals surface area contributed by atoms with Crippen LogP contribution in [0.4, 0.5) is 0 Å². The quantitative estimate of drug-likeness (QED) is 0.583. The van der Waals surface area contributed by atoms with E-state index in [-0.39, 0.29) is 0 Å². The lowest BCUT2D eigenvalue weighted by Crippen LogP contribution is -2.14. The summed E-state index contributed by atoms with van der Waals surface area (Å²) in [5, 5.41) is 3.16. The predicted octanol–water partition coefficient (Wildman–Crippen LogP) is 2.42. The average Bonchev–Trinajstić information content (AvgIpc) is 1.89. The summed E-state index contributed by atoms with van der Waals surface area (Å²) in [5.74, 6) is 0. The zero-order valence-corrected chi connectivity index (χ0v) is 7.83. The van der Waals surface area contributed by atoms with Gasteiger partial charge in [0.05, 0.1) is 0 Å². The first kappa shape index (κ1) is 9.96. The van der Waals surface area contributed by atoms with Crippen LogP contribution in [-0.4, -0.2) is 13.6 Å². The first-order chi connectivity index (χ1) is 4.62. The van der Waals surface area contributed by atoms with E-state index in [0.717, 1.165) is 6.54 Å². The van der Waals surface area contributed by atoms with Gasteiger partial charge in [0.25, 0.3) is 0 Å². The van der Waals surface area contributed by atoms with E-state index in [1.54, 1.807) is 0 Å². The molecule has 0 fully saturated rings. The van der Waals surface area contributed by atoms with Crippen molar-refractivity contribution >= 4 is 0 Å². The van der Waals surface area contributed by atoms with Gasteiger partial charge >= 0.3 is 0 Å². The minimum absolute atomic E-state index is 0.552. The first-order valence-corrected chi connectivity index (χ1v) is 4.27. The molecular weight excluding hydrogens is 122 g/mol. The Morgan fingerprint density at radius 2 is 1.90 bits per heavy atom. The van der Waals surface area contributed by atoms with Gasteiger partial charge in [-0.2, -0.15) is 0 Å². The predicted molar refractivity (Wildman–Crippen MR) is 47.2 cm³/mol. The third kappa shape index (κ3) is 4.80. The monoisotopic (exact) mass is 143 g/mol. The highest BCUT2D eigenvalue weighted by molar-refractivity contribution is 4.66. The maximum Gasteiger partial charge on any atom is -0.00517 e. The van der Waals surface area contributed by atoms with Crippen molar-refractivity contribution < 1.29 is 0 Å². The summed E-state index contributed by atoms with van der Waals surface area (Å²) < 4.78 is 0. The van der Waals surface area contributed by atoms with Crippen molar-refractivity contribution in [1.29, 1.82) is 0 Å². The fraction of sp³-hybridized carbons (Fsp3) is 1.00. The molecule has 1 heteroatoms. The van der Waals surface area contributed by atoms with Gasteiger partial charge in [-0.15, -0.1) is 0 Å². The highest BCUT2D eigenvalue weighted by Gasteiger charge is 2.13. The fourth-order valence-corrected chi connectivity index (χ4v) is 0.920. The molecule has 0 saturated carbocycles. The molecule has 0 aromatic rings. The van der Waals surface area contributed by atoms with Gasteiger partial charge in [0, 0.05) is 0 Å². The van der Waals surface area contributed by atoms with E-state index in [1.165, 1.54) is 19.3 Å². The molecule has 0 radical (unpaired) electrons. The van der Waals surface area contributed by atoms with Crippen LogP contribution in [0, 0.1) is 5.41 Å². The van der Waals surface area contributed by atoms with E-state index < -0.39 is 0 Å². The molecule has 0 spiro atoms. The third-order valence-electron chi connectivity index (χ3n) is 2.24. The topological polar surface area (TPSA) is 12.0 Å². The lowest BCUT2D eigenvalue weighted by Gasteiger charge is -2.21. The van der Waals surface area contributed by atoms with Crippen molar-refractivity contribution in [2.75, 3.05) is 13.6 Å². The molecule has 0 atom stereocenters. The zero-order valence-electron chi connectivity index (χ0n) is 7.83. The van der Waals surface area contributed by atoms with Gasteiger partial charge in [-0.3, -0.25) is 0 Å². The number of rotatable bonds is 5. The second-order valence-electron chi connectivity index (χ2n) is 3.72. The van der Waals surface area contributed by atoms with Crippen LogP contribution in [0.3, 0.4) is 0 Å². The third-order valence-corrected chi connectivity index (χ3v) is 2.24. The van der Waals surface area contributed by atoms with E-state index >= 15 is 0 Å². The Morgan fingerprint density at radius 1 is 1.30 bits per heavy atom. The summed E-state index contributed by atoms with van der Waals surface area (Å²) in [5.41, 5.74) is 0.552. The molecule has 1 N–H and O–H groups in total. The Balaban J connectivity index is 3.28. The minimum Gasteiger partial charge on any atom is -0.320 e. The van der Waals surface area contributed by atoms with Gasteiger partial charge in [0.2, 0.25) is 0 Å². The maximum absolute atomic E-state index is 3.16. The Hall–Kier alpha value is -0.0400. The van der Waals surface area contributed by atoms with Crippen LogP contribution < -0.4 is 5.32 Å². The summed E-state index contributed by atoms with van der Waals surface area (Å²) in [6.07, 6.45) is 3.93. The minimum atomic E-state index is 0.552. The number of nitrogens with one attached hydrogen (secondary N) is 1. The summed E-state index contributed by atoms with van der Waals surface area (Å²) in [6.45, 7) is 8.09. The SMILES string of the molecule is CCC(C)(C)CCCNC. The molecule has 0 aromatic heterocycles. The molecule has 0 aliphatic heterocycles. The smallest absolute Gasteiger partial charge is 0.00517 e. The molecule has 10 heavy (non-hydrogen) atoms. The highest BCUT2D eigenvalue weighted by atomic mass is 14.8. The summed E-state index contributed by atoms with van der Waals surface area (Å²) >= 11 is 0. The van der Waals surface area contributed by atoms with E-state index in [0.29, 0.717) is 5.41 Å². The molecule has 0 aliphatic carbocycles. The molecule has 62 valence electrons. The maximum atomic E-state index is 3.16. The van der Waals surface area contributed by atoms with Crippen molar-refractivity contribution in [3.8, 4) is 0 Å². The van der Waals surface area contributed by atoms with Crippen LogP contribution in [-0.2, 0) is 0 Å². The molecule has 0 aromatic carbocycles. The largest absolute Gasteiger partial charge is 0.320 e. The Labute approximate surface area is 65.2 Å². The standard InChI is InChI=1S/C9H21N/c1-5-9(2,3)7-6-8-10-4/h10H,5-8H2,1-4H3. The summed E-state index contributed by atoms with van der Waals surface area (Å²) in [6, 6.07) is 0. The highest BCUT2D eigenvalue weighted by Crippen LogP contribution is 2.25. The van der Waals surface area contributed by atoms with Crippen LogP contribution in [0.25, 0.3) is 0 Å². The lowest BCUT2D eigenvalue weighted by molar-refractivity contribution is 0.312. The normalized spacial score (nSPS) is 12.0. The molecule has 0 bridgehead atoms. The zero-order chi connectivity index (χ0) is 8.04. The van der Waals surface area contributed by atoms with Crippen molar-refractivity contribution in [2.24, 2.45) is 5.41 Å². The lowest BCUT2D eigenvalue weighted by atomic mass is 9.85.